The zero-order chi connectivity index (χ0) is 19.2. The van der Waals surface area contributed by atoms with E-state index in [4.69, 9.17) is 0 Å². The van der Waals surface area contributed by atoms with Gasteiger partial charge in [-0.15, -0.1) is 11.3 Å². The number of nitrogens with zero attached hydrogens (tertiary/aromatic N) is 3. The molecule has 0 fully saturated rings. The van der Waals surface area contributed by atoms with Gasteiger partial charge < -0.3 is 5.32 Å². The molecule has 3 aromatic rings. The number of thiazole rings is 1. The summed E-state index contributed by atoms with van der Waals surface area (Å²) in [4.78, 5) is 47.4. The van der Waals surface area contributed by atoms with Crippen LogP contribution < -0.4 is 10.6 Å². The Morgan fingerprint density at radius 1 is 1.07 bits per heavy atom. The van der Waals surface area contributed by atoms with Gasteiger partial charge in [0.1, 0.15) is 5.69 Å². The molecule has 0 bridgehead atoms. The molecular formula is C18H15N5O3S. The van der Waals surface area contributed by atoms with Crippen molar-refractivity contribution in [2.45, 2.75) is 13.3 Å². The van der Waals surface area contributed by atoms with Crippen molar-refractivity contribution >= 4 is 39.8 Å². The first-order chi connectivity index (χ1) is 13.0. The first-order valence-corrected chi connectivity index (χ1v) is 8.82. The van der Waals surface area contributed by atoms with Crippen molar-refractivity contribution in [2.24, 2.45) is 0 Å². The van der Waals surface area contributed by atoms with E-state index in [0.717, 1.165) is 0 Å². The lowest BCUT2D eigenvalue weighted by atomic mass is 10.1. The first-order valence-electron chi connectivity index (χ1n) is 7.94. The van der Waals surface area contributed by atoms with Crippen LogP contribution in [0.25, 0.3) is 0 Å². The van der Waals surface area contributed by atoms with Crippen LogP contribution in [0.1, 0.15) is 33.5 Å². The fraction of sp³-hybridized carbons (Fsp3) is 0.111. The van der Waals surface area contributed by atoms with Gasteiger partial charge >= 0.3 is 0 Å². The fourth-order valence-electron chi connectivity index (χ4n) is 2.18. The minimum atomic E-state index is -0.418. The third kappa shape index (κ3) is 5.02. The van der Waals surface area contributed by atoms with Gasteiger partial charge in [-0.2, -0.15) is 0 Å². The quantitative estimate of drug-likeness (QED) is 0.634. The highest BCUT2D eigenvalue weighted by Gasteiger charge is 2.12. The maximum Gasteiger partial charge on any atom is 0.277 e. The second-order valence-corrected chi connectivity index (χ2v) is 6.41. The normalized spacial score (nSPS) is 10.3. The summed E-state index contributed by atoms with van der Waals surface area (Å²) in [5, 5.41) is 7.44. The molecule has 2 N–H and O–H groups in total. The van der Waals surface area contributed by atoms with Crippen molar-refractivity contribution in [2.75, 3.05) is 10.6 Å². The number of ketones is 1. The summed E-state index contributed by atoms with van der Waals surface area (Å²) in [6, 6.07) is 6.65. The van der Waals surface area contributed by atoms with Crippen LogP contribution in [-0.2, 0) is 11.2 Å². The number of hydrogen-bond acceptors (Lipinski definition) is 7. The Morgan fingerprint density at radius 3 is 2.52 bits per heavy atom. The van der Waals surface area contributed by atoms with Crippen LogP contribution in [0.4, 0.5) is 10.8 Å². The molecule has 0 saturated carbocycles. The number of carbonyl (C=O) groups excluding carboxylic acids is 3. The van der Waals surface area contributed by atoms with Crippen LogP contribution in [0, 0.1) is 0 Å². The zero-order valence-corrected chi connectivity index (χ0v) is 15.1. The maximum absolute atomic E-state index is 12.1. The topological polar surface area (TPSA) is 114 Å². The molecule has 3 rings (SSSR count). The highest BCUT2D eigenvalue weighted by molar-refractivity contribution is 7.14. The summed E-state index contributed by atoms with van der Waals surface area (Å²) in [6.45, 7) is 1.48. The van der Waals surface area contributed by atoms with E-state index < -0.39 is 5.91 Å². The molecule has 0 atom stereocenters. The van der Waals surface area contributed by atoms with Gasteiger partial charge in [-0.3, -0.25) is 24.7 Å². The van der Waals surface area contributed by atoms with Crippen molar-refractivity contribution in [3.05, 3.63) is 65.2 Å². The second-order valence-electron chi connectivity index (χ2n) is 5.55. The van der Waals surface area contributed by atoms with E-state index in [1.165, 1.54) is 36.9 Å². The Balaban J connectivity index is 1.56. The number of hydrogen-bond donors (Lipinski definition) is 2. The number of rotatable bonds is 6. The van der Waals surface area contributed by atoms with E-state index in [-0.39, 0.29) is 23.8 Å². The summed E-state index contributed by atoms with van der Waals surface area (Å²) in [5.74, 6) is -0.701. The average Bonchev–Trinajstić information content (AvgIpc) is 3.09. The van der Waals surface area contributed by atoms with Crippen molar-refractivity contribution < 1.29 is 14.4 Å². The van der Waals surface area contributed by atoms with E-state index in [1.54, 1.807) is 29.6 Å². The van der Waals surface area contributed by atoms with Gasteiger partial charge in [-0.1, -0.05) is 0 Å². The number of anilines is 2. The van der Waals surface area contributed by atoms with E-state index in [2.05, 4.69) is 25.6 Å². The predicted octanol–water partition coefficient (Wildman–Crippen LogP) is 2.57. The van der Waals surface area contributed by atoms with Crippen molar-refractivity contribution in [3.63, 3.8) is 0 Å². The van der Waals surface area contributed by atoms with Gasteiger partial charge in [-0.25, -0.2) is 9.97 Å². The number of carbonyl (C=O) groups is 3. The number of Topliss-reactive ketones (excluding diaryl/α,β-unsaturated/α-hetero) is 1. The lowest BCUT2D eigenvalue weighted by Gasteiger charge is -2.04. The molecule has 0 spiro atoms. The molecule has 0 aliphatic heterocycles. The number of nitrogens with one attached hydrogen (secondary N) is 2. The van der Waals surface area contributed by atoms with Crippen LogP contribution >= 0.6 is 11.3 Å². The van der Waals surface area contributed by atoms with Crippen LogP contribution in [-0.4, -0.2) is 32.5 Å². The molecule has 1 aromatic carbocycles. The van der Waals surface area contributed by atoms with Gasteiger partial charge in [0, 0.05) is 29.0 Å². The van der Waals surface area contributed by atoms with Crippen LogP contribution in [0.3, 0.4) is 0 Å². The second kappa shape index (κ2) is 8.28. The van der Waals surface area contributed by atoms with Crippen LogP contribution in [0.5, 0.6) is 0 Å². The smallest absolute Gasteiger partial charge is 0.277 e. The van der Waals surface area contributed by atoms with Gasteiger partial charge in [0.05, 0.1) is 18.3 Å². The average molecular weight is 381 g/mol. The Labute approximate surface area is 158 Å². The molecule has 0 aliphatic carbocycles. The molecule has 2 heterocycles. The molecule has 0 saturated heterocycles. The summed E-state index contributed by atoms with van der Waals surface area (Å²) in [7, 11) is 0. The SMILES string of the molecule is CC(=O)c1ccc(NC(=O)Cc2csc(NC(=O)c3cnccn3)n2)cc1. The molecule has 0 unspecified atom stereocenters. The van der Waals surface area contributed by atoms with Crippen molar-refractivity contribution in [1.82, 2.24) is 15.0 Å². The van der Waals surface area contributed by atoms with Gasteiger partial charge in [0.2, 0.25) is 5.91 Å². The molecule has 27 heavy (non-hydrogen) atoms. The molecule has 2 aromatic heterocycles. The zero-order valence-electron chi connectivity index (χ0n) is 14.3. The first kappa shape index (κ1) is 18.3. The van der Waals surface area contributed by atoms with E-state index in [0.29, 0.717) is 22.1 Å². The third-order valence-corrected chi connectivity index (χ3v) is 4.29. The number of amides is 2. The number of benzene rings is 1. The Bertz CT molecular complexity index is 970. The van der Waals surface area contributed by atoms with Gasteiger partial charge in [-0.05, 0) is 31.2 Å². The summed E-state index contributed by atoms with van der Waals surface area (Å²) < 4.78 is 0. The Hall–Kier alpha value is -3.46. The van der Waals surface area contributed by atoms with Crippen molar-refractivity contribution in [3.8, 4) is 0 Å². The maximum atomic E-state index is 12.1. The predicted molar refractivity (Wildman–Crippen MR) is 101 cm³/mol. The Morgan fingerprint density at radius 2 is 1.85 bits per heavy atom. The Kier molecular flexibility index (Phi) is 5.62. The summed E-state index contributed by atoms with van der Waals surface area (Å²) in [5.41, 5.74) is 1.89. The fourth-order valence-corrected chi connectivity index (χ4v) is 2.89. The van der Waals surface area contributed by atoms with Crippen LogP contribution in [0.2, 0.25) is 0 Å². The van der Waals surface area contributed by atoms with E-state index >= 15 is 0 Å². The largest absolute Gasteiger partial charge is 0.326 e. The molecule has 8 nitrogen and oxygen atoms in total. The van der Waals surface area contributed by atoms with Crippen LogP contribution in [0.15, 0.2) is 48.2 Å². The molecular weight excluding hydrogens is 366 g/mol. The van der Waals surface area contributed by atoms with Gasteiger partial charge in [0.25, 0.3) is 5.91 Å². The van der Waals surface area contributed by atoms with E-state index in [9.17, 15) is 14.4 Å². The minimum absolute atomic E-state index is 0.0357. The number of aromatic nitrogens is 3. The van der Waals surface area contributed by atoms with E-state index in [1.807, 2.05) is 0 Å². The highest BCUT2D eigenvalue weighted by atomic mass is 32.1. The summed E-state index contributed by atoms with van der Waals surface area (Å²) in [6.07, 6.45) is 4.32. The lowest BCUT2D eigenvalue weighted by molar-refractivity contribution is -0.115. The molecule has 9 heteroatoms. The molecule has 2 amide bonds. The lowest BCUT2D eigenvalue weighted by Crippen LogP contribution is -2.15. The monoisotopic (exact) mass is 381 g/mol. The molecule has 136 valence electrons. The van der Waals surface area contributed by atoms with Gasteiger partial charge in [0.15, 0.2) is 10.9 Å². The molecule has 0 aliphatic rings. The minimum Gasteiger partial charge on any atom is -0.326 e. The third-order valence-electron chi connectivity index (χ3n) is 3.48. The summed E-state index contributed by atoms with van der Waals surface area (Å²) >= 11 is 1.22. The molecule has 0 radical (unpaired) electrons. The highest BCUT2D eigenvalue weighted by Crippen LogP contribution is 2.17. The standard InChI is InChI=1S/C18H15N5O3S/c1-11(24)12-2-4-13(5-3-12)21-16(25)8-14-10-27-18(22-14)23-17(26)15-9-19-6-7-20-15/h2-7,9-10H,8H2,1H3,(H,21,25)(H,22,23,26). The van der Waals surface area contributed by atoms with Crippen molar-refractivity contribution in [1.29, 1.82) is 0 Å².